The van der Waals surface area contributed by atoms with Gasteiger partial charge in [0.1, 0.15) is 16.1 Å². The molecule has 0 aliphatic heterocycles. The van der Waals surface area contributed by atoms with Gasteiger partial charge in [-0.1, -0.05) is 105 Å². The first-order valence-corrected chi connectivity index (χ1v) is 30.8. The largest absolute Gasteiger partial charge is 0.465 e. The molecule has 0 atom stereocenters. The summed E-state index contributed by atoms with van der Waals surface area (Å²) in [6.45, 7) is 21.8. The standard InChI is InChI=1S/C56H70O8Si2/c1-15-19-23-37-45-31-41-35(27-29-65(9,10)11)43-33-47-39(25-21-17-3)51(55(59)63-7)52(56(60)64-8)40(26-22-18-4)48(47)34-44(43)36(28-30-66(12,13)14)42(41)32-46(45)38(24-20-16-2)50(54(58)62-6)49(37)53(57)61-5/h31-34H,15-26H2,1-14H3. The van der Waals surface area contributed by atoms with E-state index in [1.54, 1.807) is 0 Å². The van der Waals surface area contributed by atoms with Gasteiger partial charge in [-0.15, -0.1) is 11.1 Å². The lowest BCUT2D eigenvalue weighted by molar-refractivity contribution is 0.0553. The molecule has 0 aromatic heterocycles. The van der Waals surface area contributed by atoms with Crippen molar-refractivity contribution in [2.75, 3.05) is 28.4 Å². The molecule has 10 heteroatoms. The molecular formula is C56H70O8Si2. The average Bonchev–Trinajstić information content (AvgIpc) is 3.29. The normalized spacial score (nSPS) is 11.6. The van der Waals surface area contributed by atoms with Gasteiger partial charge in [0, 0.05) is 11.1 Å². The molecule has 350 valence electrons. The Bertz CT molecular complexity index is 2500. The molecule has 0 heterocycles. The highest BCUT2D eigenvalue weighted by Gasteiger charge is 2.32. The molecule has 0 unspecified atom stereocenters. The van der Waals surface area contributed by atoms with E-state index in [1.807, 2.05) is 0 Å². The summed E-state index contributed by atoms with van der Waals surface area (Å²) in [6.07, 6.45) is 8.75. The van der Waals surface area contributed by atoms with Gasteiger partial charge >= 0.3 is 23.9 Å². The molecule has 5 aromatic rings. The number of ether oxygens (including phenoxy) is 4. The van der Waals surface area contributed by atoms with Crippen LogP contribution < -0.4 is 0 Å². The van der Waals surface area contributed by atoms with Crippen LogP contribution in [-0.4, -0.2) is 68.5 Å². The van der Waals surface area contributed by atoms with E-state index >= 15 is 0 Å². The number of unbranched alkanes of at least 4 members (excludes halogenated alkanes) is 4. The number of hydrogen-bond acceptors (Lipinski definition) is 8. The van der Waals surface area contributed by atoms with Crippen LogP contribution >= 0.6 is 0 Å². The topological polar surface area (TPSA) is 105 Å². The van der Waals surface area contributed by atoms with Crippen molar-refractivity contribution < 1.29 is 38.1 Å². The molecule has 0 amide bonds. The van der Waals surface area contributed by atoms with Crippen LogP contribution in [0.2, 0.25) is 39.3 Å². The smallest absolute Gasteiger partial charge is 0.339 e. The zero-order chi connectivity index (χ0) is 48.7. The predicted molar refractivity (Wildman–Crippen MR) is 277 cm³/mol. The van der Waals surface area contributed by atoms with Gasteiger partial charge in [-0.25, -0.2) is 19.2 Å². The molecule has 0 saturated heterocycles. The number of carbonyl (C=O) groups excluding carboxylic acids is 4. The highest BCUT2D eigenvalue weighted by atomic mass is 28.3. The van der Waals surface area contributed by atoms with E-state index in [-0.39, 0.29) is 22.3 Å². The Balaban J connectivity index is 2.30. The van der Waals surface area contributed by atoms with Crippen LogP contribution in [0.25, 0.3) is 43.1 Å². The SMILES string of the molecule is CCCCc1c(C(=O)OC)c(C(=O)OC)c(CCCC)c2cc3c(C#C[Si](C)(C)C)c4cc5c(CCCC)c(C(=O)OC)c(C(=O)OC)c(CCCC)c5cc4c(C#C[Si](C)(C)C)c3cc12. The number of aryl methyl sites for hydroxylation is 4. The van der Waals surface area contributed by atoms with Crippen LogP contribution in [-0.2, 0) is 44.6 Å². The quantitative estimate of drug-likeness (QED) is 0.0317. The average molecular weight is 927 g/mol. The van der Waals surface area contributed by atoms with Gasteiger partial charge in [0.15, 0.2) is 0 Å². The fraction of sp³-hybridized carbons (Fsp3) is 0.464. The molecule has 5 aromatic carbocycles. The second-order valence-electron chi connectivity index (χ2n) is 19.4. The maximum Gasteiger partial charge on any atom is 0.339 e. The molecule has 0 radical (unpaired) electrons. The summed E-state index contributed by atoms with van der Waals surface area (Å²) in [4.78, 5) is 56.2. The maximum absolute atomic E-state index is 14.0. The Hall–Kier alpha value is -5.43. The van der Waals surface area contributed by atoms with E-state index in [2.05, 4.69) is 114 Å². The zero-order valence-electron chi connectivity index (χ0n) is 42.1. The Labute approximate surface area is 394 Å². The second kappa shape index (κ2) is 21.9. The number of fused-ring (bicyclic) bond motifs is 4. The van der Waals surface area contributed by atoms with E-state index < -0.39 is 40.0 Å². The van der Waals surface area contributed by atoms with Gasteiger partial charge in [-0.05, 0) is 141 Å². The monoisotopic (exact) mass is 926 g/mol. The highest BCUT2D eigenvalue weighted by molar-refractivity contribution is 6.84. The number of carbonyl (C=O) groups is 4. The molecule has 0 N–H and O–H groups in total. The molecule has 5 rings (SSSR count). The Kier molecular flexibility index (Phi) is 17.1. The van der Waals surface area contributed by atoms with Crippen molar-refractivity contribution in [3.8, 4) is 22.9 Å². The summed E-state index contributed by atoms with van der Waals surface area (Å²) in [5.41, 5.74) is 13.1. The molecular weight excluding hydrogens is 857 g/mol. The minimum Gasteiger partial charge on any atom is -0.465 e. The van der Waals surface area contributed by atoms with Crippen molar-refractivity contribution >= 4 is 83.1 Å². The van der Waals surface area contributed by atoms with Gasteiger partial charge in [0.2, 0.25) is 0 Å². The summed E-state index contributed by atoms with van der Waals surface area (Å²) in [6, 6.07) is 8.73. The minimum absolute atomic E-state index is 0.257. The lowest BCUT2D eigenvalue weighted by Gasteiger charge is -2.23. The Morgan fingerprint density at radius 1 is 0.394 bits per heavy atom. The third-order valence-corrected chi connectivity index (χ3v) is 14.0. The predicted octanol–water partition coefficient (Wildman–Crippen LogP) is 13.3. The fourth-order valence-corrected chi connectivity index (χ4v) is 9.99. The van der Waals surface area contributed by atoms with Crippen LogP contribution in [0, 0.1) is 22.9 Å². The first-order chi connectivity index (χ1) is 31.4. The van der Waals surface area contributed by atoms with Crippen molar-refractivity contribution in [2.45, 2.75) is 144 Å². The van der Waals surface area contributed by atoms with E-state index in [9.17, 15) is 19.2 Å². The highest BCUT2D eigenvalue weighted by Crippen LogP contribution is 2.44. The summed E-state index contributed by atoms with van der Waals surface area (Å²) in [5.74, 6) is 5.19. The summed E-state index contributed by atoms with van der Waals surface area (Å²) >= 11 is 0. The minimum atomic E-state index is -2.00. The second-order valence-corrected chi connectivity index (χ2v) is 28.9. The summed E-state index contributed by atoms with van der Waals surface area (Å²) in [5, 5.41) is 7.05. The van der Waals surface area contributed by atoms with Crippen LogP contribution in [0.15, 0.2) is 24.3 Å². The van der Waals surface area contributed by atoms with Gasteiger partial charge in [0.05, 0.1) is 50.7 Å². The van der Waals surface area contributed by atoms with E-state index in [0.717, 1.165) is 128 Å². The van der Waals surface area contributed by atoms with Crippen LogP contribution in [0.3, 0.4) is 0 Å². The molecule has 8 nitrogen and oxygen atoms in total. The molecule has 0 bridgehead atoms. The lowest BCUT2D eigenvalue weighted by atomic mass is 9.80. The van der Waals surface area contributed by atoms with Crippen LogP contribution in [0.5, 0.6) is 0 Å². The molecule has 0 aliphatic rings. The Morgan fingerprint density at radius 2 is 0.606 bits per heavy atom. The summed E-state index contributed by atoms with van der Waals surface area (Å²) < 4.78 is 21.9. The molecule has 0 fully saturated rings. The first kappa shape index (κ1) is 51.6. The van der Waals surface area contributed by atoms with Crippen molar-refractivity contribution in [3.63, 3.8) is 0 Å². The number of benzene rings is 5. The third-order valence-electron chi connectivity index (χ3n) is 12.2. The number of esters is 4. The number of hydrogen-bond donors (Lipinski definition) is 0. The van der Waals surface area contributed by atoms with Gasteiger partial charge in [0.25, 0.3) is 0 Å². The number of methoxy groups -OCH3 is 4. The summed E-state index contributed by atoms with van der Waals surface area (Å²) in [7, 11) is 1.44. The molecule has 0 saturated carbocycles. The third kappa shape index (κ3) is 10.7. The van der Waals surface area contributed by atoms with Gasteiger partial charge < -0.3 is 18.9 Å². The first-order valence-electron chi connectivity index (χ1n) is 23.8. The molecule has 0 spiro atoms. The Morgan fingerprint density at radius 3 is 0.773 bits per heavy atom. The van der Waals surface area contributed by atoms with Crippen molar-refractivity contribution in [1.82, 2.24) is 0 Å². The van der Waals surface area contributed by atoms with Gasteiger partial charge in [-0.3, -0.25) is 0 Å². The fourth-order valence-electron chi connectivity index (χ4n) is 8.99. The van der Waals surface area contributed by atoms with E-state index in [0.29, 0.717) is 25.7 Å². The van der Waals surface area contributed by atoms with Crippen molar-refractivity contribution in [2.24, 2.45) is 0 Å². The van der Waals surface area contributed by atoms with Crippen molar-refractivity contribution in [1.29, 1.82) is 0 Å². The van der Waals surface area contributed by atoms with Crippen LogP contribution in [0.1, 0.15) is 154 Å². The van der Waals surface area contributed by atoms with Crippen molar-refractivity contribution in [3.05, 3.63) is 79.9 Å². The maximum atomic E-state index is 14.0. The molecule has 66 heavy (non-hydrogen) atoms. The zero-order valence-corrected chi connectivity index (χ0v) is 44.1. The van der Waals surface area contributed by atoms with E-state index in [1.165, 1.54) is 28.4 Å². The van der Waals surface area contributed by atoms with E-state index in [4.69, 9.17) is 18.9 Å². The van der Waals surface area contributed by atoms with Crippen LogP contribution in [0.4, 0.5) is 0 Å². The lowest BCUT2D eigenvalue weighted by Crippen LogP contribution is -2.19. The molecule has 0 aliphatic carbocycles. The number of rotatable bonds is 16. The van der Waals surface area contributed by atoms with Gasteiger partial charge in [-0.2, -0.15) is 0 Å².